The SMILES string of the molecule is COC(=O)[C@@H]1Cc2cccc(c2)Oc2ccc(cc2)C[C@H](NC(=O)OC(C)(C)C)C(=O)N[C@@H](Cc2ccccc2)C(=O)N1. The van der Waals surface area contributed by atoms with Gasteiger partial charge in [-0.05, 0) is 61.7 Å². The van der Waals surface area contributed by atoms with Crippen molar-refractivity contribution < 1.29 is 33.4 Å². The molecule has 4 bridgehead atoms. The number of nitrogens with one attached hydrogen (secondary N) is 3. The van der Waals surface area contributed by atoms with E-state index in [1.807, 2.05) is 36.4 Å². The van der Waals surface area contributed by atoms with Crippen molar-refractivity contribution in [3.8, 4) is 11.5 Å². The number of carbonyl (C=O) groups is 4. The number of benzene rings is 3. The van der Waals surface area contributed by atoms with Gasteiger partial charge in [0.15, 0.2) is 0 Å². The van der Waals surface area contributed by atoms with Gasteiger partial charge in [0, 0.05) is 19.3 Å². The van der Waals surface area contributed by atoms with Crippen LogP contribution in [0.15, 0.2) is 78.9 Å². The second-order valence-corrected chi connectivity index (χ2v) is 11.3. The number of carbonyl (C=O) groups excluding carboxylic acids is 4. The number of rotatable bonds is 4. The van der Waals surface area contributed by atoms with E-state index in [0.29, 0.717) is 11.5 Å². The van der Waals surface area contributed by atoms with Crippen LogP contribution in [0.5, 0.6) is 11.5 Å². The summed E-state index contributed by atoms with van der Waals surface area (Å²) in [6, 6.07) is 20.3. The number of hydrogen-bond donors (Lipinski definition) is 3. The van der Waals surface area contributed by atoms with Crippen molar-refractivity contribution in [1.29, 1.82) is 0 Å². The van der Waals surface area contributed by atoms with Gasteiger partial charge in [-0.2, -0.15) is 0 Å². The smallest absolute Gasteiger partial charge is 0.408 e. The quantitative estimate of drug-likeness (QED) is 0.395. The lowest BCUT2D eigenvalue weighted by Gasteiger charge is -2.26. The molecule has 226 valence electrons. The Morgan fingerprint density at radius 2 is 1.58 bits per heavy atom. The molecule has 5 rings (SSSR count). The van der Waals surface area contributed by atoms with E-state index in [-0.39, 0.29) is 19.3 Å². The van der Waals surface area contributed by atoms with Gasteiger partial charge in [0.05, 0.1) is 7.11 Å². The number of alkyl carbamates (subject to hydrolysis) is 1. The standard InChI is InChI=1S/C33H37N3O7/c1-33(2,3)43-32(40)36-27-19-22-13-15-24(16-14-22)42-25-12-8-11-23(17-25)20-28(31(39)41-4)35-29(37)26(34-30(27)38)18-21-9-6-5-7-10-21/h5-17,26-28H,18-20H2,1-4H3,(H,34,38)(H,35,37)(H,36,40)/t26-,27-,28-/m0/s1. The van der Waals surface area contributed by atoms with Crippen LogP contribution >= 0.6 is 0 Å². The maximum atomic E-state index is 13.7. The summed E-state index contributed by atoms with van der Waals surface area (Å²) in [5.41, 5.74) is 1.49. The van der Waals surface area contributed by atoms with Gasteiger partial charge in [-0.15, -0.1) is 0 Å². The fourth-order valence-corrected chi connectivity index (χ4v) is 4.64. The average Bonchev–Trinajstić information content (AvgIpc) is 2.96. The number of methoxy groups -OCH3 is 1. The molecule has 0 fully saturated rings. The summed E-state index contributed by atoms with van der Waals surface area (Å²) in [4.78, 5) is 53.0. The predicted molar refractivity (Wildman–Crippen MR) is 160 cm³/mol. The van der Waals surface area contributed by atoms with Crippen molar-refractivity contribution in [3.63, 3.8) is 0 Å². The summed E-state index contributed by atoms with van der Waals surface area (Å²) in [6.07, 6.45) is -0.384. The van der Waals surface area contributed by atoms with E-state index in [1.54, 1.807) is 63.2 Å². The van der Waals surface area contributed by atoms with Crippen molar-refractivity contribution in [2.45, 2.75) is 63.8 Å². The summed E-state index contributed by atoms with van der Waals surface area (Å²) < 4.78 is 16.4. The number of fused-ring (bicyclic) bond motifs is 10. The zero-order valence-corrected chi connectivity index (χ0v) is 24.7. The van der Waals surface area contributed by atoms with Crippen LogP contribution in [0.4, 0.5) is 4.79 Å². The molecule has 43 heavy (non-hydrogen) atoms. The molecule has 10 nitrogen and oxygen atoms in total. The van der Waals surface area contributed by atoms with Crippen LogP contribution in [0.25, 0.3) is 0 Å². The fourth-order valence-electron chi connectivity index (χ4n) is 4.64. The molecule has 3 N–H and O–H groups in total. The van der Waals surface area contributed by atoms with Gasteiger partial charge in [0.25, 0.3) is 0 Å². The van der Waals surface area contributed by atoms with Crippen LogP contribution in [-0.4, -0.2) is 54.7 Å². The molecule has 0 radical (unpaired) electrons. The molecule has 0 saturated heterocycles. The van der Waals surface area contributed by atoms with Crippen LogP contribution in [0, 0.1) is 0 Å². The highest BCUT2D eigenvalue weighted by molar-refractivity contribution is 5.93. The maximum Gasteiger partial charge on any atom is 0.408 e. The minimum Gasteiger partial charge on any atom is -0.467 e. The first kappa shape index (κ1) is 31.1. The zero-order chi connectivity index (χ0) is 31.0. The Labute approximate surface area is 251 Å². The molecule has 0 saturated carbocycles. The summed E-state index contributed by atoms with van der Waals surface area (Å²) in [5, 5.41) is 8.22. The highest BCUT2D eigenvalue weighted by Crippen LogP contribution is 2.24. The Bertz CT molecular complexity index is 1430. The van der Waals surface area contributed by atoms with E-state index in [0.717, 1.165) is 16.7 Å². The van der Waals surface area contributed by atoms with Gasteiger partial charge in [-0.25, -0.2) is 9.59 Å². The molecule has 2 heterocycles. The summed E-state index contributed by atoms with van der Waals surface area (Å²) in [6.45, 7) is 5.17. The highest BCUT2D eigenvalue weighted by Gasteiger charge is 2.31. The van der Waals surface area contributed by atoms with Crippen LogP contribution in [0.3, 0.4) is 0 Å². The van der Waals surface area contributed by atoms with E-state index in [1.165, 1.54) is 7.11 Å². The average molecular weight is 588 g/mol. The van der Waals surface area contributed by atoms with Gasteiger partial charge in [-0.1, -0.05) is 54.6 Å². The topological polar surface area (TPSA) is 132 Å². The first-order chi connectivity index (χ1) is 20.5. The minimum absolute atomic E-state index is 0.116. The number of esters is 1. The van der Waals surface area contributed by atoms with Crippen molar-refractivity contribution in [1.82, 2.24) is 16.0 Å². The van der Waals surface area contributed by atoms with Crippen LogP contribution in [-0.2, 0) is 43.1 Å². The van der Waals surface area contributed by atoms with Crippen molar-refractivity contribution in [2.24, 2.45) is 0 Å². The minimum atomic E-state index is -1.07. The lowest BCUT2D eigenvalue weighted by Crippen LogP contribution is -2.57. The van der Waals surface area contributed by atoms with Crippen molar-refractivity contribution in [2.75, 3.05) is 7.11 Å². The Balaban J connectivity index is 1.72. The van der Waals surface area contributed by atoms with Crippen LogP contribution in [0.1, 0.15) is 37.5 Å². The molecule has 0 aromatic heterocycles. The highest BCUT2D eigenvalue weighted by atomic mass is 16.6. The van der Waals surface area contributed by atoms with E-state index < -0.39 is 47.6 Å². The molecule has 3 atom stereocenters. The predicted octanol–water partition coefficient (Wildman–Crippen LogP) is 3.86. The van der Waals surface area contributed by atoms with Crippen LogP contribution in [0.2, 0.25) is 0 Å². The van der Waals surface area contributed by atoms with Gasteiger partial charge >= 0.3 is 12.1 Å². The first-order valence-corrected chi connectivity index (χ1v) is 14.1. The molecular formula is C33H37N3O7. The number of amides is 3. The van der Waals surface area contributed by atoms with Gasteiger partial charge in [-0.3, -0.25) is 9.59 Å². The summed E-state index contributed by atoms with van der Waals surface area (Å²) in [7, 11) is 1.25. The van der Waals surface area contributed by atoms with Gasteiger partial charge in [0.1, 0.15) is 35.2 Å². The molecule has 3 aromatic rings. The third-order valence-corrected chi connectivity index (χ3v) is 6.66. The van der Waals surface area contributed by atoms with Gasteiger partial charge < -0.3 is 30.2 Å². The molecular weight excluding hydrogens is 550 g/mol. The first-order valence-electron chi connectivity index (χ1n) is 14.1. The Kier molecular flexibility index (Phi) is 10.0. The molecule has 3 amide bonds. The van der Waals surface area contributed by atoms with Gasteiger partial charge in [0.2, 0.25) is 11.8 Å². The fraction of sp³-hybridized carbons (Fsp3) is 0.333. The molecule has 2 aliphatic heterocycles. The monoisotopic (exact) mass is 587 g/mol. The largest absolute Gasteiger partial charge is 0.467 e. The van der Waals surface area contributed by atoms with E-state index >= 15 is 0 Å². The second kappa shape index (κ2) is 13.9. The Morgan fingerprint density at radius 3 is 2.26 bits per heavy atom. The Morgan fingerprint density at radius 1 is 0.860 bits per heavy atom. The third kappa shape index (κ3) is 9.32. The lowest BCUT2D eigenvalue weighted by atomic mass is 10.0. The molecule has 3 aromatic carbocycles. The number of hydrogen-bond acceptors (Lipinski definition) is 7. The van der Waals surface area contributed by atoms with Crippen molar-refractivity contribution in [3.05, 3.63) is 95.6 Å². The zero-order valence-electron chi connectivity index (χ0n) is 24.7. The van der Waals surface area contributed by atoms with E-state index in [9.17, 15) is 19.2 Å². The molecule has 10 heteroatoms. The van der Waals surface area contributed by atoms with E-state index in [4.69, 9.17) is 14.2 Å². The lowest BCUT2D eigenvalue weighted by molar-refractivity contribution is -0.145. The third-order valence-electron chi connectivity index (χ3n) is 6.66. The summed E-state index contributed by atoms with van der Waals surface area (Å²) >= 11 is 0. The number of ether oxygens (including phenoxy) is 3. The normalized spacial score (nSPS) is 19.2. The molecule has 2 aliphatic rings. The van der Waals surface area contributed by atoms with E-state index in [2.05, 4.69) is 16.0 Å². The maximum absolute atomic E-state index is 13.7. The molecule has 0 unspecified atom stereocenters. The summed E-state index contributed by atoms with van der Waals surface area (Å²) in [5.74, 6) is -0.695. The van der Waals surface area contributed by atoms with Crippen LogP contribution < -0.4 is 20.7 Å². The Hall–Kier alpha value is -4.86. The molecule has 0 spiro atoms. The second-order valence-electron chi connectivity index (χ2n) is 11.3. The van der Waals surface area contributed by atoms with Crippen molar-refractivity contribution >= 4 is 23.9 Å². The molecule has 0 aliphatic carbocycles.